The number of hydrogen-bond donors (Lipinski definition) is 0. The summed E-state index contributed by atoms with van der Waals surface area (Å²) in [4.78, 5) is 2.56. The lowest BCUT2D eigenvalue weighted by molar-refractivity contribution is 0.104. The molecule has 2 rings (SSSR count). The molecule has 22 heavy (non-hydrogen) atoms. The van der Waals surface area contributed by atoms with Crippen LogP contribution in [0.25, 0.3) is 0 Å². The van der Waals surface area contributed by atoms with E-state index in [4.69, 9.17) is 4.74 Å². The zero-order valence-electron chi connectivity index (χ0n) is 13.9. The van der Waals surface area contributed by atoms with E-state index in [1.54, 1.807) is 7.11 Å². The van der Waals surface area contributed by atoms with Crippen molar-refractivity contribution < 1.29 is 4.74 Å². The monoisotopic (exact) mass is 297 g/mol. The minimum absolute atomic E-state index is 0.383. The second-order valence-electron chi connectivity index (χ2n) is 5.88. The molecule has 0 aromatic heterocycles. The molecule has 0 bridgehead atoms. The van der Waals surface area contributed by atoms with Gasteiger partial charge >= 0.3 is 0 Å². The Morgan fingerprint density at radius 3 is 2.09 bits per heavy atom. The van der Waals surface area contributed by atoms with E-state index in [0.29, 0.717) is 12.1 Å². The van der Waals surface area contributed by atoms with Gasteiger partial charge in [0.15, 0.2) is 0 Å². The largest absolute Gasteiger partial charge is 0.385 e. The molecular weight excluding hydrogens is 270 g/mol. The van der Waals surface area contributed by atoms with Crippen LogP contribution in [0, 0.1) is 0 Å². The molecule has 0 N–H and O–H groups in total. The van der Waals surface area contributed by atoms with Crippen LogP contribution in [0.3, 0.4) is 0 Å². The van der Waals surface area contributed by atoms with Crippen molar-refractivity contribution in [1.82, 2.24) is 4.90 Å². The number of nitrogens with zero attached hydrogens (tertiary/aromatic N) is 1. The number of methoxy groups -OCH3 is 1. The van der Waals surface area contributed by atoms with E-state index in [-0.39, 0.29) is 0 Å². The molecule has 0 radical (unpaired) electrons. The van der Waals surface area contributed by atoms with Crippen molar-refractivity contribution in [3.63, 3.8) is 0 Å². The fourth-order valence-electron chi connectivity index (χ4n) is 2.85. The summed E-state index contributed by atoms with van der Waals surface area (Å²) in [6.45, 7) is 6.35. The van der Waals surface area contributed by atoms with Gasteiger partial charge in [0.05, 0.1) is 0 Å². The summed E-state index contributed by atoms with van der Waals surface area (Å²) in [7, 11) is 1.77. The summed E-state index contributed by atoms with van der Waals surface area (Å²) < 4.78 is 5.27. The van der Waals surface area contributed by atoms with Gasteiger partial charge in [0.2, 0.25) is 0 Å². The highest BCUT2D eigenvalue weighted by molar-refractivity contribution is 5.20. The maximum absolute atomic E-state index is 5.27. The summed E-state index contributed by atoms with van der Waals surface area (Å²) in [5, 5.41) is 0. The number of ether oxygens (including phenoxy) is 1. The van der Waals surface area contributed by atoms with Gasteiger partial charge in [-0.1, -0.05) is 60.7 Å². The molecule has 0 heterocycles. The third-order valence-electron chi connectivity index (χ3n) is 4.29. The normalized spacial score (nSPS) is 14.0. The van der Waals surface area contributed by atoms with E-state index in [9.17, 15) is 0 Å². The Morgan fingerprint density at radius 1 is 0.909 bits per heavy atom. The van der Waals surface area contributed by atoms with Crippen LogP contribution < -0.4 is 0 Å². The molecule has 0 spiro atoms. The van der Waals surface area contributed by atoms with Gasteiger partial charge in [0.25, 0.3) is 0 Å². The molecule has 0 saturated carbocycles. The molecule has 0 saturated heterocycles. The summed E-state index contributed by atoms with van der Waals surface area (Å²) in [6, 6.07) is 22.3. The Bertz CT molecular complexity index is 526. The Balaban J connectivity index is 2.17. The molecule has 0 amide bonds. The van der Waals surface area contributed by atoms with E-state index in [0.717, 1.165) is 19.6 Å². The van der Waals surface area contributed by atoms with Gasteiger partial charge in [-0.15, -0.1) is 0 Å². The highest BCUT2D eigenvalue weighted by Crippen LogP contribution is 2.25. The fourth-order valence-corrected chi connectivity index (χ4v) is 2.85. The van der Waals surface area contributed by atoms with Crippen molar-refractivity contribution >= 4 is 0 Å². The molecule has 2 atom stereocenters. The van der Waals surface area contributed by atoms with Crippen LogP contribution in [-0.2, 0) is 11.3 Å². The van der Waals surface area contributed by atoms with Crippen molar-refractivity contribution in [2.75, 3.05) is 13.7 Å². The zero-order chi connectivity index (χ0) is 15.8. The molecule has 0 aliphatic rings. The molecule has 0 unspecified atom stereocenters. The third kappa shape index (κ3) is 4.69. The molecule has 2 aromatic rings. The first-order valence-corrected chi connectivity index (χ1v) is 8.06. The quantitative estimate of drug-likeness (QED) is 0.702. The van der Waals surface area contributed by atoms with E-state index in [1.165, 1.54) is 11.1 Å². The number of hydrogen-bond acceptors (Lipinski definition) is 2. The topological polar surface area (TPSA) is 12.5 Å². The predicted molar refractivity (Wildman–Crippen MR) is 92.8 cm³/mol. The van der Waals surface area contributed by atoms with Crippen molar-refractivity contribution in [3.05, 3.63) is 71.8 Å². The van der Waals surface area contributed by atoms with Gasteiger partial charge in [0, 0.05) is 32.3 Å². The molecule has 0 fully saturated rings. The Labute approximate surface area is 134 Å². The zero-order valence-corrected chi connectivity index (χ0v) is 13.9. The maximum Gasteiger partial charge on any atom is 0.0477 e. The van der Waals surface area contributed by atoms with Crippen LogP contribution in [-0.4, -0.2) is 24.7 Å². The predicted octanol–water partition coefficient (Wildman–Crippen LogP) is 4.67. The summed E-state index contributed by atoms with van der Waals surface area (Å²) in [6.07, 6.45) is 1.04. The molecule has 118 valence electrons. The molecule has 2 heteroatoms. The van der Waals surface area contributed by atoms with Crippen LogP contribution in [0.15, 0.2) is 60.7 Å². The van der Waals surface area contributed by atoms with Gasteiger partial charge in [-0.2, -0.15) is 0 Å². The van der Waals surface area contributed by atoms with Gasteiger partial charge in [0.1, 0.15) is 0 Å². The SMILES string of the molecule is COCC[C@H](C)N(Cc1ccccc1)[C@@H](C)c1ccccc1. The van der Waals surface area contributed by atoms with E-state index >= 15 is 0 Å². The lowest BCUT2D eigenvalue weighted by Gasteiger charge is -2.35. The van der Waals surface area contributed by atoms with Crippen molar-refractivity contribution in [3.8, 4) is 0 Å². The third-order valence-corrected chi connectivity index (χ3v) is 4.29. The fraction of sp³-hybridized carbons (Fsp3) is 0.400. The summed E-state index contributed by atoms with van der Waals surface area (Å²) in [5.41, 5.74) is 2.72. The number of rotatable bonds is 8. The molecular formula is C20H27NO. The molecule has 2 nitrogen and oxygen atoms in total. The average molecular weight is 297 g/mol. The van der Waals surface area contributed by atoms with Gasteiger partial charge in [-0.25, -0.2) is 0 Å². The number of benzene rings is 2. The summed E-state index contributed by atoms with van der Waals surface area (Å²) >= 11 is 0. The highest BCUT2D eigenvalue weighted by atomic mass is 16.5. The van der Waals surface area contributed by atoms with Gasteiger partial charge < -0.3 is 4.74 Å². The first-order chi connectivity index (χ1) is 10.7. The van der Waals surface area contributed by atoms with Crippen LogP contribution in [0.5, 0.6) is 0 Å². The first-order valence-electron chi connectivity index (χ1n) is 8.06. The standard InChI is InChI=1S/C20H27NO/c1-17(14-15-22-3)21(16-19-10-6-4-7-11-19)18(2)20-12-8-5-9-13-20/h4-13,17-18H,14-16H2,1-3H3/t17-,18-/m0/s1. The van der Waals surface area contributed by atoms with Crippen LogP contribution >= 0.6 is 0 Å². The molecule has 2 aromatic carbocycles. The highest BCUT2D eigenvalue weighted by Gasteiger charge is 2.21. The van der Waals surface area contributed by atoms with Crippen LogP contribution in [0.1, 0.15) is 37.4 Å². The van der Waals surface area contributed by atoms with Crippen LogP contribution in [0.2, 0.25) is 0 Å². The van der Waals surface area contributed by atoms with E-state index < -0.39 is 0 Å². The van der Waals surface area contributed by atoms with Crippen molar-refractivity contribution in [2.45, 2.75) is 38.9 Å². The summed E-state index contributed by atoms with van der Waals surface area (Å²) in [5.74, 6) is 0. The first kappa shape index (κ1) is 16.7. The minimum Gasteiger partial charge on any atom is -0.385 e. The maximum atomic E-state index is 5.27. The molecule has 0 aliphatic carbocycles. The molecule has 0 aliphatic heterocycles. The van der Waals surface area contributed by atoms with Gasteiger partial charge in [-0.3, -0.25) is 4.90 Å². The smallest absolute Gasteiger partial charge is 0.0477 e. The van der Waals surface area contributed by atoms with Crippen molar-refractivity contribution in [1.29, 1.82) is 0 Å². The van der Waals surface area contributed by atoms with E-state index in [2.05, 4.69) is 79.4 Å². The second-order valence-corrected chi connectivity index (χ2v) is 5.88. The average Bonchev–Trinajstić information content (AvgIpc) is 2.58. The lowest BCUT2D eigenvalue weighted by Crippen LogP contribution is -2.35. The lowest BCUT2D eigenvalue weighted by atomic mass is 10.0. The Morgan fingerprint density at radius 2 is 1.50 bits per heavy atom. The second kappa shape index (κ2) is 8.72. The van der Waals surface area contributed by atoms with Crippen molar-refractivity contribution in [2.24, 2.45) is 0 Å². The van der Waals surface area contributed by atoms with Crippen LogP contribution in [0.4, 0.5) is 0 Å². The Kier molecular flexibility index (Phi) is 6.63. The van der Waals surface area contributed by atoms with Gasteiger partial charge in [-0.05, 0) is 31.4 Å². The minimum atomic E-state index is 0.383. The Hall–Kier alpha value is -1.64. The van der Waals surface area contributed by atoms with E-state index in [1.807, 2.05) is 0 Å².